The van der Waals surface area contributed by atoms with Crippen molar-refractivity contribution in [3.8, 4) is 5.75 Å². The van der Waals surface area contributed by atoms with Crippen molar-refractivity contribution in [2.75, 3.05) is 38.7 Å². The molecule has 0 unspecified atom stereocenters. The zero-order valence-corrected chi connectivity index (χ0v) is 16.7. The van der Waals surface area contributed by atoms with Crippen LogP contribution in [0.3, 0.4) is 0 Å². The third kappa shape index (κ3) is 4.45. The lowest BCUT2D eigenvalue weighted by molar-refractivity contribution is -0.121. The standard InChI is InChI=1S/C20H27N3O5/c1-5-27-20(25)19-18(15-7-6-14(26-4)8-16(15)21-19)22-17(24)11-23-9-12(2)28-13(3)10-23/h6-8,12-13,21H,5,9-11H2,1-4H3,(H,22,24)/t12-,13-/m0/s1. The zero-order chi connectivity index (χ0) is 20.3. The van der Waals surface area contributed by atoms with Crippen LogP contribution in [0, 0.1) is 0 Å². The van der Waals surface area contributed by atoms with Crippen LogP contribution in [0.5, 0.6) is 5.75 Å². The lowest BCUT2D eigenvalue weighted by Gasteiger charge is -2.34. The summed E-state index contributed by atoms with van der Waals surface area (Å²) in [6.07, 6.45) is 0.152. The molecule has 0 saturated carbocycles. The van der Waals surface area contributed by atoms with Crippen LogP contribution in [0.15, 0.2) is 18.2 Å². The molecule has 2 N–H and O–H groups in total. The number of H-pyrrole nitrogens is 1. The summed E-state index contributed by atoms with van der Waals surface area (Å²) < 4.78 is 16.1. The molecule has 1 amide bonds. The number of ether oxygens (including phenoxy) is 3. The summed E-state index contributed by atoms with van der Waals surface area (Å²) >= 11 is 0. The smallest absolute Gasteiger partial charge is 0.356 e. The average Bonchev–Trinajstić information content (AvgIpc) is 2.98. The van der Waals surface area contributed by atoms with Gasteiger partial charge < -0.3 is 24.5 Å². The normalized spacial score (nSPS) is 20.1. The van der Waals surface area contributed by atoms with Gasteiger partial charge in [-0.1, -0.05) is 0 Å². The second-order valence-electron chi connectivity index (χ2n) is 7.01. The van der Waals surface area contributed by atoms with Crippen LogP contribution in [0.1, 0.15) is 31.3 Å². The van der Waals surface area contributed by atoms with Crippen molar-refractivity contribution in [3.05, 3.63) is 23.9 Å². The molecule has 1 aliphatic heterocycles. The molecule has 1 aliphatic rings. The Morgan fingerprint density at radius 3 is 2.64 bits per heavy atom. The summed E-state index contributed by atoms with van der Waals surface area (Å²) in [5.41, 5.74) is 1.34. The monoisotopic (exact) mass is 389 g/mol. The topological polar surface area (TPSA) is 92.9 Å². The van der Waals surface area contributed by atoms with Crippen molar-refractivity contribution < 1.29 is 23.8 Å². The molecule has 8 nitrogen and oxygen atoms in total. The van der Waals surface area contributed by atoms with Crippen molar-refractivity contribution in [2.45, 2.75) is 33.0 Å². The van der Waals surface area contributed by atoms with Crippen molar-refractivity contribution >= 4 is 28.5 Å². The number of aromatic amines is 1. The third-order valence-corrected chi connectivity index (χ3v) is 4.61. The number of carbonyl (C=O) groups is 2. The van der Waals surface area contributed by atoms with Gasteiger partial charge in [0.15, 0.2) is 0 Å². The first-order valence-electron chi connectivity index (χ1n) is 9.45. The van der Waals surface area contributed by atoms with E-state index >= 15 is 0 Å². The van der Waals surface area contributed by atoms with E-state index < -0.39 is 5.97 Å². The van der Waals surface area contributed by atoms with Crippen LogP contribution < -0.4 is 10.1 Å². The molecule has 0 bridgehead atoms. The Morgan fingerprint density at radius 2 is 2.00 bits per heavy atom. The number of nitrogens with zero attached hydrogens (tertiary/aromatic N) is 1. The minimum atomic E-state index is -0.512. The lowest BCUT2D eigenvalue weighted by Crippen LogP contribution is -2.48. The number of aromatic nitrogens is 1. The number of hydrogen-bond donors (Lipinski definition) is 2. The highest BCUT2D eigenvalue weighted by Gasteiger charge is 2.25. The number of anilines is 1. The number of esters is 1. The molecule has 2 heterocycles. The molecule has 1 saturated heterocycles. The van der Waals surface area contributed by atoms with E-state index in [4.69, 9.17) is 14.2 Å². The number of methoxy groups -OCH3 is 1. The summed E-state index contributed by atoms with van der Waals surface area (Å²) in [6.45, 7) is 7.57. The minimum absolute atomic E-state index is 0.0761. The number of nitrogens with one attached hydrogen (secondary N) is 2. The Labute approximate surface area is 164 Å². The van der Waals surface area contributed by atoms with E-state index in [1.54, 1.807) is 26.2 Å². The van der Waals surface area contributed by atoms with Crippen molar-refractivity contribution in [3.63, 3.8) is 0 Å². The maximum Gasteiger partial charge on any atom is 0.356 e. The molecule has 0 spiro atoms. The third-order valence-electron chi connectivity index (χ3n) is 4.61. The minimum Gasteiger partial charge on any atom is -0.497 e. The van der Waals surface area contributed by atoms with Crippen LogP contribution in [-0.2, 0) is 14.3 Å². The SMILES string of the molecule is CCOC(=O)c1[nH]c2cc(OC)ccc2c1NC(=O)CN1C[C@H](C)O[C@@H](C)C1. The summed E-state index contributed by atoms with van der Waals surface area (Å²) in [4.78, 5) is 30.2. The summed E-state index contributed by atoms with van der Waals surface area (Å²) in [5, 5.41) is 3.62. The van der Waals surface area contributed by atoms with Gasteiger partial charge in [-0.2, -0.15) is 0 Å². The Hall–Kier alpha value is -2.58. The van der Waals surface area contributed by atoms with E-state index in [0.717, 1.165) is 5.39 Å². The van der Waals surface area contributed by atoms with E-state index in [1.165, 1.54) is 0 Å². The molecule has 0 aliphatic carbocycles. The molecule has 1 fully saturated rings. The second kappa shape index (κ2) is 8.62. The molecule has 1 aromatic carbocycles. The summed E-state index contributed by atoms with van der Waals surface area (Å²) in [7, 11) is 1.57. The van der Waals surface area contributed by atoms with Gasteiger partial charge >= 0.3 is 5.97 Å². The molecule has 2 atom stereocenters. The maximum absolute atomic E-state index is 12.7. The quantitative estimate of drug-likeness (QED) is 0.737. The van der Waals surface area contributed by atoms with E-state index in [0.29, 0.717) is 30.0 Å². The van der Waals surface area contributed by atoms with Gasteiger partial charge in [-0.05, 0) is 32.9 Å². The van der Waals surface area contributed by atoms with Crippen LogP contribution in [0.25, 0.3) is 10.9 Å². The Morgan fingerprint density at radius 1 is 1.29 bits per heavy atom. The van der Waals surface area contributed by atoms with Crippen molar-refractivity contribution in [1.29, 1.82) is 0 Å². The van der Waals surface area contributed by atoms with Crippen molar-refractivity contribution in [2.24, 2.45) is 0 Å². The molecular formula is C20H27N3O5. The second-order valence-corrected chi connectivity index (χ2v) is 7.01. The molecule has 1 aromatic heterocycles. The highest BCUT2D eigenvalue weighted by Crippen LogP contribution is 2.31. The number of morpholine rings is 1. The highest BCUT2D eigenvalue weighted by molar-refractivity contribution is 6.11. The van der Waals surface area contributed by atoms with Gasteiger partial charge in [-0.3, -0.25) is 9.69 Å². The number of benzene rings is 1. The first-order valence-corrected chi connectivity index (χ1v) is 9.45. The number of rotatable bonds is 6. The van der Waals surface area contributed by atoms with Crippen LogP contribution >= 0.6 is 0 Å². The summed E-state index contributed by atoms with van der Waals surface area (Å²) in [6, 6.07) is 5.37. The van der Waals surface area contributed by atoms with E-state index in [9.17, 15) is 9.59 Å². The fourth-order valence-corrected chi connectivity index (χ4v) is 3.59. The summed E-state index contributed by atoms with van der Waals surface area (Å²) in [5.74, 6) is -0.0523. The molecule has 0 radical (unpaired) electrons. The fraction of sp³-hybridized carbons (Fsp3) is 0.500. The first kappa shape index (κ1) is 20.2. The molecule has 152 valence electrons. The molecule has 3 rings (SSSR count). The first-order chi connectivity index (χ1) is 13.4. The van der Waals surface area contributed by atoms with Crippen molar-refractivity contribution in [1.82, 2.24) is 9.88 Å². The Bertz CT molecular complexity index is 853. The molecule has 2 aromatic rings. The van der Waals surface area contributed by atoms with Crippen LogP contribution in [0.4, 0.5) is 5.69 Å². The molecule has 8 heteroatoms. The van der Waals surface area contributed by atoms with E-state index in [-0.39, 0.29) is 37.0 Å². The predicted molar refractivity (Wildman–Crippen MR) is 106 cm³/mol. The van der Waals surface area contributed by atoms with Crippen LogP contribution in [0.2, 0.25) is 0 Å². The number of hydrogen-bond acceptors (Lipinski definition) is 6. The Kier molecular flexibility index (Phi) is 6.21. The van der Waals surface area contributed by atoms with Gasteiger partial charge in [-0.15, -0.1) is 0 Å². The van der Waals surface area contributed by atoms with Gasteiger partial charge in [0, 0.05) is 24.5 Å². The maximum atomic E-state index is 12.7. The van der Waals surface area contributed by atoms with Gasteiger partial charge in [0.25, 0.3) is 0 Å². The van der Waals surface area contributed by atoms with Gasteiger partial charge in [-0.25, -0.2) is 4.79 Å². The lowest BCUT2D eigenvalue weighted by atomic mass is 10.2. The largest absolute Gasteiger partial charge is 0.497 e. The van der Waals surface area contributed by atoms with Gasteiger partial charge in [0.1, 0.15) is 11.4 Å². The van der Waals surface area contributed by atoms with Crippen LogP contribution in [-0.4, -0.2) is 67.3 Å². The zero-order valence-electron chi connectivity index (χ0n) is 16.7. The van der Waals surface area contributed by atoms with Gasteiger partial charge in [0.2, 0.25) is 5.91 Å². The highest BCUT2D eigenvalue weighted by atomic mass is 16.5. The number of amides is 1. The predicted octanol–water partition coefficient (Wildman–Crippen LogP) is 2.40. The fourth-order valence-electron chi connectivity index (χ4n) is 3.59. The van der Waals surface area contributed by atoms with E-state index in [1.807, 2.05) is 19.9 Å². The number of carbonyl (C=O) groups excluding carboxylic acids is 2. The van der Waals surface area contributed by atoms with Gasteiger partial charge in [0.05, 0.1) is 43.7 Å². The molecular weight excluding hydrogens is 362 g/mol. The van der Waals surface area contributed by atoms with E-state index in [2.05, 4.69) is 15.2 Å². The average molecular weight is 389 g/mol. The number of fused-ring (bicyclic) bond motifs is 1. The Balaban J connectivity index is 1.84. The molecule has 28 heavy (non-hydrogen) atoms.